The lowest BCUT2D eigenvalue weighted by molar-refractivity contribution is 0.252. The number of anilines is 2. The molecule has 0 radical (unpaired) electrons. The number of urea groups is 1. The highest BCUT2D eigenvalue weighted by atomic mass is 35.5. The summed E-state index contributed by atoms with van der Waals surface area (Å²) in [5.41, 5.74) is 3.10. The Labute approximate surface area is 158 Å². The van der Waals surface area contributed by atoms with Gasteiger partial charge in [0.2, 0.25) is 10.0 Å². The Bertz CT molecular complexity index is 931. The van der Waals surface area contributed by atoms with Crippen molar-refractivity contribution in [2.45, 2.75) is 13.3 Å². The average Bonchev–Trinajstić information content (AvgIpc) is 3.04. The molecule has 0 aromatic heterocycles. The minimum absolute atomic E-state index is 0.0203. The Morgan fingerprint density at radius 2 is 1.96 bits per heavy atom. The minimum atomic E-state index is -3.49. The van der Waals surface area contributed by atoms with Crippen molar-refractivity contribution in [1.82, 2.24) is 5.32 Å². The molecular weight excluding hydrogens is 374 g/mol. The lowest BCUT2D eigenvalue weighted by Crippen LogP contribution is -2.38. The number of nitrogens with zero attached hydrogens (tertiary/aromatic N) is 1. The third-order valence-electron chi connectivity index (χ3n) is 4.34. The van der Waals surface area contributed by atoms with E-state index in [1.54, 1.807) is 25.1 Å². The summed E-state index contributed by atoms with van der Waals surface area (Å²) in [6.07, 6.45) is 0.706. The quantitative estimate of drug-likeness (QED) is 0.818. The van der Waals surface area contributed by atoms with Crippen LogP contribution in [-0.4, -0.2) is 33.3 Å². The molecule has 0 unspecified atom stereocenters. The summed E-state index contributed by atoms with van der Waals surface area (Å²) in [6.45, 7) is 2.26. The fourth-order valence-electron chi connectivity index (χ4n) is 2.91. The molecule has 1 heterocycles. The number of nitrogens with one attached hydrogen (secondary N) is 2. The number of hydrogen-bond acceptors (Lipinski definition) is 3. The Kier molecular flexibility index (Phi) is 5.38. The number of sulfonamides is 1. The van der Waals surface area contributed by atoms with E-state index in [1.807, 2.05) is 24.3 Å². The molecule has 1 aliphatic rings. The highest BCUT2D eigenvalue weighted by Gasteiger charge is 2.28. The fourth-order valence-corrected chi connectivity index (χ4v) is 4.51. The largest absolute Gasteiger partial charge is 0.337 e. The van der Waals surface area contributed by atoms with Gasteiger partial charge < -0.3 is 10.6 Å². The van der Waals surface area contributed by atoms with Crippen LogP contribution in [0.5, 0.6) is 0 Å². The molecule has 8 heteroatoms. The van der Waals surface area contributed by atoms with Crippen LogP contribution in [0.4, 0.5) is 16.2 Å². The topological polar surface area (TPSA) is 78.5 Å². The zero-order valence-corrected chi connectivity index (χ0v) is 15.9. The molecule has 0 bridgehead atoms. The van der Waals surface area contributed by atoms with Crippen LogP contribution >= 0.6 is 11.6 Å². The van der Waals surface area contributed by atoms with Crippen molar-refractivity contribution in [2.24, 2.45) is 0 Å². The first-order valence-electron chi connectivity index (χ1n) is 8.27. The Hall–Kier alpha value is -2.25. The van der Waals surface area contributed by atoms with Gasteiger partial charge in [-0.1, -0.05) is 35.9 Å². The molecule has 0 fully saturated rings. The van der Waals surface area contributed by atoms with Gasteiger partial charge in [0.15, 0.2) is 0 Å². The van der Waals surface area contributed by atoms with Gasteiger partial charge in [0.05, 0.1) is 11.4 Å². The van der Waals surface area contributed by atoms with E-state index in [0.29, 0.717) is 23.7 Å². The van der Waals surface area contributed by atoms with Crippen LogP contribution in [0.3, 0.4) is 0 Å². The van der Waals surface area contributed by atoms with E-state index in [9.17, 15) is 13.2 Å². The van der Waals surface area contributed by atoms with E-state index in [4.69, 9.17) is 11.6 Å². The van der Waals surface area contributed by atoms with Crippen molar-refractivity contribution in [3.63, 3.8) is 0 Å². The van der Waals surface area contributed by atoms with Crippen LogP contribution in [0.25, 0.3) is 0 Å². The second-order valence-electron chi connectivity index (χ2n) is 6.06. The lowest BCUT2D eigenvalue weighted by atomic mass is 10.2. The van der Waals surface area contributed by atoms with Gasteiger partial charge in [-0.15, -0.1) is 0 Å². The van der Waals surface area contributed by atoms with Crippen LogP contribution in [0, 0.1) is 6.92 Å². The molecule has 26 heavy (non-hydrogen) atoms. The van der Waals surface area contributed by atoms with E-state index < -0.39 is 16.1 Å². The normalized spacial score (nSPS) is 13.4. The van der Waals surface area contributed by atoms with E-state index in [-0.39, 0.29) is 12.3 Å². The van der Waals surface area contributed by atoms with Gasteiger partial charge >= 0.3 is 6.03 Å². The number of benzene rings is 2. The number of fused-ring (bicyclic) bond motifs is 1. The van der Waals surface area contributed by atoms with E-state index in [0.717, 1.165) is 16.8 Å². The van der Waals surface area contributed by atoms with Gasteiger partial charge in [-0.05, 0) is 42.7 Å². The molecule has 0 spiro atoms. The second kappa shape index (κ2) is 7.55. The Morgan fingerprint density at radius 3 is 2.77 bits per heavy atom. The number of halogens is 1. The molecule has 138 valence electrons. The summed E-state index contributed by atoms with van der Waals surface area (Å²) in [6, 6.07) is 12.2. The summed E-state index contributed by atoms with van der Waals surface area (Å²) < 4.78 is 26.6. The highest BCUT2D eigenvalue weighted by molar-refractivity contribution is 7.92. The SMILES string of the molecule is Cc1c(Cl)cccc1NC(=O)NCCS(=O)(=O)N1CCc2ccccc21. The maximum absolute atomic E-state index is 12.6. The maximum Gasteiger partial charge on any atom is 0.319 e. The number of rotatable bonds is 5. The summed E-state index contributed by atoms with van der Waals surface area (Å²) in [5.74, 6) is -0.163. The minimum Gasteiger partial charge on any atom is -0.337 e. The number of hydrogen-bond donors (Lipinski definition) is 2. The fraction of sp³-hybridized carbons (Fsp3) is 0.278. The first-order valence-corrected chi connectivity index (χ1v) is 10.3. The standard InChI is InChI=1S/C18H20ClN3O3S/c1-13-15(19)6-4-7-16(13)21-18(23)20-10-12-26(24,25)22-11-9-14-5-2-3-8-17(14)22/h2-8H,9-12H2,1H3,(H2,20,21,23). The predicted octanol–water partition coefficient (Wildman–Crippen LogP) is 3.16. The molecule has 0 saturated heterocycles. The zero-order chi connectivity index (χ0) is 18.7. The smallest absolute Gasteiger partial charge is 0.319 e. The number of para-hydroxylation sites is 1. The van der Waals surface area contributed by atoms with Crippen LogP contribution in [0.15, 0.2) is 42.5 Å². The molecular formula is C18H20ClN3O3S. The van der Waals surface area contributed by atoms with Gasteiger partial charge in [0.25, 0.3) is 0 Å². The lowest BCUT2D eigenvalue weighted by Gasteiger charge is -2.19. The van der Waals surface area contributed by atoms with E-state index in [1.165, 1.54) is 4.31 Å². The molecule has 2 N–H and O–H groups in total. The number of carbonyl (C=O) groups is 1. The van der Waals surface area contributed by atoms with Crippen molar-refractivity contribution in [1.29, 1.82) is 0 Å². The molecule has 1 aliphatic heterocycles. The third-order valence-corrected chi connectivity index (χ3v) is 6.52. The summed E-state index contributed by atoms with van der Waals surface area (Å²) in [5, 5.41) is 5.82. The molecule has 0 atom stereocenters. The van der Waals surface area contributed by atoms with Gasteiger partial charge in [-0.3, -0.25) is 4.31 Å². The average molecular weight is 394 g/mol. The molecule has 3 rings (SSSR count). The van der Waals surface area contributed by atoms with Crippen LogP contribution in [0.2, 0.25) is 5.02 Å². The molecule has 0 aliphatic carbocycles. The molecule has 6 nitrogen and oxygen atoms in total. The van der Waals surface area contributed by atoms with Crippen molar-refractivity contribution in [3.05, 3.63) is 58.6 Å². The van der Waals surface area contributed by atoms with Gasteiger partial charge in [-0.2, -0.15) is 0 Å². The first-order chi connectivity index (χ1) is 12.4. The van der Waals surface area contributed by atoms with E-state index in [2.05, 4.69) is 10.6 Å². The number of carbonyl (C=O) groups excluding carboxylic acids is 1. The molecule has 2 aromatic rings. The second-order valence-corrected chi connectivity index (χ2v) is 8.48. The van der Waals surface area contributed by atoms with Crippen molar-refractivity contribution >= 4 is 39.0 Å². The van der Waals surface area contributed by atoms with Gasteiger partial charge in [-0.25, -0.2) is 13.2 Å². The number of amides is 2. The maximum atomic E-state index is 12.6. The summed E-state index contributed by atoms with van der Waals surface area (Å²) in [4.78, 5) is 12.0. The van der Waals surface area contributed by atoms with Crippen molar-refractivity contribution in [2.75, 3.05) is 28.5 Å². The zero-order valence-electron chi connectivity index (χ0n) is 14.3. The highest BCUT2D eigenvalue weighted by Crippen LogP contribution is 2.29. The van der Waals surface area contributed by atoms with Crippen molar-refractivity contribution in [3.8, 4) is 0 Å². The predicted molar refractivity (Wildman–Crippen MR) is 104 cm³/mol. The van der Waals surface area contributed by atoms with Crippen molar-refractivity contribution < 1.29 is 13.2 Å². The third kappa shape index (κ3) is 3.94. The molecule has 2 aromatic carbocycles. The molecule has 2 amide bonds. The van der Waals surface area contributed by atoms with Gasteiger partial charge in [0.1, 0.15) is 0 Å². The monoisotopic (exact) mass is 393 g/mol. The molecule has 0 saturated carbocycles. The van der Waals surface area contributed by atoms with E-state index >= 15 is 0 Å². The van der Waals surface area contributed by atoms with Crippen LogP contribution < -0.4 is 14.9 Å². The van der Waals surface area contributed by atoms with Gasteiger partial charge in [0, 0.05) is 23.8 Å². The van der Waals surface area contributed by atoms with Crippen LogP contribution in [0.1, 0.15) is 11.1 Å². The summed E-state index contributed by atoms with van der Waals surface area (Å²) in [7, 11) is -3.49. The Balaban J connectivity index is 1.56. The Morgan fingerprint density at radius 1 is 1.19 bits per heavy atom. The first kappa shape index (κ1) is 18.5. The summed E-state index contributed by atoms with van der Waals surface area (Å²) >= 11 is 6.02. The van der Waals surface area contributed by atoms with Crippen LogP contribution in [-0.2, 0) is 16.4 Å².